The van der Waals surface area contributed by atoms with Gasteiger partial charge in [0.05, 0.1) is 22.5 Å². The molecular weight excluding hydrogens is 574 g/mol. The fourth-order valence-corrected chi connectivity index (χ4v) is 6.68. The Hall–Kier alpha value is -4.87. The Bertz CT molecular complexity index is 1840. The number of urea groups is 1. The Morgan fingerprint density at radius 2 is 1.86 bits per heavy atom. The van der Waals surface area contributed by atoms with E-state index in [9.17, 15) is 9.59 Å². The van der Waals surface area contributed by atoms with Gasteiger partial charge in [0.25, 0.3) is 5.91 Å². The van der Waals surface area contributed by atoms with Crippen molar-refractivity contribution < 1.29 is 14.3 Å². The lowest BCUT2D eigenvalue weighted by Gasteiger charge is -2.27. The standard InChI is InChI=1S/C33H31N7O3S/c1-21-17-25(12-13-26(21)43-19-24-7-3-4-14-34-24)40-30-27-28(38-33(40)42)29(44-32(27)36-20-35-30)31(41)37-23-10-8-22(9-11-23)18-39-15-5-2-6-16-39/h3-4,7-14,17,20H,2,5-6,15-16,18-19H2,1H3,(H,37,41)(H,38,42). The molecule has 1 fully saturated rings. The van der Waals surface area contributed by atoms with Crippen molar-refractivity contribution in [2.45, 2.75) is 39.3 Å². The van der Waals surface area contributed by atoms with Crippen LogP contribution >= 0.6 is 11.3 Å². The molecule has 5 heterocycles. The largest absolute Gasteiger partial charge is 0.487 e. The summed E-state index contributed by atoms with van der Waals surface area (Å²) >= 11 is 1.23. The van der Waals surface area contributed by atoms with Crippen molar-refractivity contribution in [2.75, 3.05) is 28.6 Å². The van der Waals surface area contributed by atoms with Crippen molar-refractivity contribution in [3.8, 4) is 5.75 Å². The van der Waals surface area contributed by atoms with Gasteiger partial charge >= 0.3 is 6.03 Å². The number of likely N-dealkylation sites (tertiary alicyclic amines) is 1. The molecule has 0 saturated carbocycles. The fraction of sp³-hybridized carbons (Fsp3) is 0.242. The maximum absolute atomic E-state index is 13.5. The van der Waals surface area contributed by atoms with Gasteiger partial charge in [-0.15, -0.1) is 11.3 Å². The Morgan fingerprint density at radius 1 is 1.02 bits per heavy atom. The van der Waals surface area contributed by atoms with Gasteiger partial charge in [-0.05, 0) is 86.4 Å². The third-order valence-corrected chi connectivity index (χ3v) is 9.00. The van der Waals surface area contributed by atoms with Crippen molar-refractivity contribution in [2.24, 2.45) is 0 Å². The van der Waals surface area contributed by atoms with Crippen LogP contribution in [0.3, 0.4) is 0 Å². The van der Waals surface area contributed by atoms with E-state index in [1.165, 1.54) is 47.4 Å². The highest BCUT2D eigenvalue weighted by Gasteiger charge is 2.34. The molecule has 0 bridgehead atoms. The molecule has 0 spiro atoms. The summed E-state index contributed by atoms with van der Waals surface area (Å²) in [6, 6.07) is 18.8. The molecule has 10 nitrogen and oxygen atoms in total. The number of amides is 3. The van der Waals surface area contributed by atoms with E-state index in [0.717, 1.165) is 30.9 Å². The van der Waals surface area contributed by atoms with Crippen LogP contribution in [0.4, 0.5) is 27.7 Å². The predicted octanol–water partition coefficient (Wildman–Crippen LogP) is 6.90. The van der Waals surface area contributed by atoms with Gasteiger partial charge in [-0.2, -0.15) is 0 Å². The highest BCUT2D eigenvalue weighted by molar-refractivity contribution is 7.21. The minimum atomic E-state index is -0.409. The number of ether oxygens (including phenoxy) is 1. The van der Waals surface area contributed by atoms with Gasteiger partial charge in [-0.25, -0.2) is 19.7 Å². The van der Waals surface area contributed by atoms with Crippen LogP contribution in [-0.4, -0.2) is 44.9 Å². The SMILES string of the molecule is Cc1cc(N2C(=O)Nc3c(C(=O)Nc4ccc(CN5CCCCC5)cc4)sc4ncnc2c34)ccc1OCc1ccccn1. The Balaban J connectivity index is 1.11. The van der Waals surface area contributed by atoms with Gasteiger partial charge in [0.2, 0.25) is 0 Å². The van der Waals surface area contributed by atoms with Crippen LogP contribution in [0.25, 0.3) is 10.2 Å². The van der Waals surface area contributed by atoms with Crippen LogP contribution in [0.1, 0.15) is 45.8 Å². The van der Waals surface area contributed by atoms with Crippen LogP contribution < -0.4 is 20.3 Å². The minimum absolute atomic E-state index is 0.309. The summed E-state index contributed by atoms with van der Waals surface area (Å²) in [5.41, 5.74) is 4.64. The second-order valence-corrected chi connectivity index (χ2v) is 12.0. The highest BCUT2D eigenvalue weighted by atomic mass is 32.1. The average molecular weight is 606 g/mol. The number of hydrogen-bond acceptors (Lipinski definition) is 8. The molecule has 2 aliphatic rings. The Kier molecular flexibility index (Phi) is 7.63. The second-order valence-electron chi connectivity index (χ2n) is 11.0. The number of carbonyl (C=O) groups excluding carboxylic acids is 2. The summed E-state index contributed by atoms with van der Waals surface area (Å²) in [4.78, 5) is 45.1. The number of aryl methyl sites for hydroxylation is 1. The predicted molar refractivity (Wildman–Crippen MR) is 172 cm³/mol. The molecule has 0 atom stereocenters. The smallest absolute Gasteiger partial charge is 0.332 e. The summed E-state index contributed by atoms with van der Waals surface area (Å²) in [7, 11) is 0. The number of aromatic nitrogens is 3. The number of rotatable bonds is 8. The molecular formula is C33H31N7O3S. The number of piperidine rings is 1. The van der Waals surface area contributed by atoms with Crippen LogP contribution in [0, 0.1) is 6.92 Å². The number of hydrogen-bond donors (Lipinski definition) is 2. The quantitative estimate of drug-likeness (QED) is 0.198. The first-order valence-corrected chi connectivity index (χ1v) is 15.5. The second kappa shape index (κ2) is 12.0. The van der Waals surface area contributed by atoms with Gasteiger partial charge in [-0.3, -0.25) is 14.7 Å². The zero-order chi connectivity index (χ0) is 30.0. The highest BCUT2D eigenvalue weighted by Crippen LogP contribution is 2.45. The number of anilines is 4. The van der Waals surface area contributed by atoms with E-state index in [1.807, 2.05) is 55.5 Å². The first kappa shape index (κ1) is 27.9. The molecule has 0 unspecified atom stereocenters. The molecule has 3 amide bonds. The van der Waals surface area contributed by atoms with E-state index in [-0.39, 0.29) is 5.91 Å². The van der Waals surface area contributed by atoms with Crippen molar-refractivity contribution in [3.63, 3.8) is 0 Å². The number of nitrogens with zero attached hydrogens (tertiary/aromatic N) is 5. The van der Waals surface area contributed by atoms with Crippen LogP contribution in [0.15, 0.2) is 73.2 Å². The number of nitrogens with one attached hydrogen (secondary N) is 2. The zero-order valence-corrected chi connectivity index (χ0v) is 25.1. The van der Waals surface area contributed by atoms with E-state index in [4.69, 9.17) is 4.74 Å². The third-order valence-electron chi connectivity index (χ3n) is 7.91. The maximum Gasteiger partial charge on any atom is 0.332 e. The molecule has 0 radical (unpaired) electrons. The molecule has 0 aliphatic carbocycles. The normalized spacial score (nSPS) is 14.8. The minimum Gasteiger partial charge on any atom is -0.487 e. The number of pyridine rings is 1. The topological polar surface area (TPSA) is 113 Å². The lowest BCUT2D eigenvalue weighted by Crippen LogP contribution is -2.35. The van der Waals surface area contributed by atoms with Gasteiger partial charge < -0.3 is 15.4 Å². The summed E-state index contributed by atoms with van der Waals surface area (Å²) in [6.07, 6.45) is 6.96. The molecule has 2 aliphatic heterocycles. The van der Waals surface area contributed by atoms with E-state index in [1.54, 1.807) is 6.20 Å². The van der Waals surface area contributed by atoms with Crippen LogP contribution in [0.5, 0.6) is 5.75 Å². The summed E-state index contributed by atoms with van der Waals surface area (Å²) in [5.74, 6) is 0.809. The van der Waals surface area contributed by atoms with E-state index < -0.39 is 6.03 Å². The lowest BCUT2D eigenvalue weighted by atomic mass is 10.1. The monoisotopic (exact) mass is 605 g/mol. The summed E-state index contributed by atoms with van der Waals surface area (Å²) in [6.45, 7) is 5.44. The first-order valence-electron chi connectivity index (χ1n) is 14.7. The number of thiophene rings is 1. The van der Waals surface area contributed by atoms with Crippen molar-refractivity contribution in [3.05, 3.63) is 94.9 Å². The molecule has 2 N–H and O–H groups in total. The van der Waals surface area contributed by atoms with Crippen molar-refractivity contribution >= 4 is 56.4 Å². The molecule has 5 aromatic rings. The van der Waals surface area contributed by atoms with Crippen molar-refractivity contribution in [1.29, 1.82) is 0 Å². The number of carbonyl (C=O) groups is 2. The van der Waals surface area contributed by atoms with Crippen LogP contribution in [-0.2, 0) is 13.2 Å². The maximum atomic E-state index is 13.5. The van der Waals surface area contributed by atoms with Gasteiger partial charge in [0, 0.05) is 18.4 Å². The molecule has 44 heavy (non-hydrogen) atoms. The average Bonchev–Trinajstić information content (AvgIpc) is 3.42. The van der Waals surface area contributed by atoms with E-state index in [0.29, 0.717) is 50.3 Å². The molecule has 2 aromatic carbocycles. The fourth-order valence-electron chi connectivity index (χ4n) is 5.69. The van der Waals surface area contributed by atoms with Gasteiger partial charge in [-0.1, -0.05) is 24.6 Å². The van der Waals surface area contributed by atoms with Gasteiger partial charge in [0.15, 0.2) is 5.82 Å². The molecule has 222 valence electrons. The third kappa shape index (κ3) is 5.59. The lowest BCUT2D eigenvalue weighted by molar-refractivity contribution is 0.103. The van der Waals surface area contributed by atoms with E-state index >= 15 is 0 Å². The molecule has 7 rings (SSSR count). The molecule has 1 saturated heterocycles. The van der Waals surface area contributed by atoms with Gasteiger partial charge in [0.1, 0.15) is 28.4 Å². The summed E-state index contributed by atoms with van der Waals surface area (Å²) < 4.78 is 5.97. The summed E-state index contributed by atoms with van der Waals surface area (Å²) in [5, 5.41) is 6.56. The first-order chi connectivity index (χ1) is 21.5. The number of benzene rings is 2. The molecule has 3 aromatic heterocycles. The Labute approximate surface area is 258 Å². The van der Waals surface area contributed by atoms with Crippen molar-refractivity contribution in [1.82, 2.24) is 19.9 Å². The van der Waals surface area contributed by atoms with E-state index in [2.05, 4.69) is 42.6 Å². The van der Waals surface area contributed by atoms with Crippen LogP contribution in [0.2, 0.25) is 0 Å². The zero-order valence-electron chi connectivity index (χ0n) is 24.2. The Morgan fingerprint density at radius 3 is 2.64 bits per heavy atom. The molecule has 11 heteroatoms.